The molecule has 0 heterocycles. The second-order valence-electron chi connectivity index (χ2n) is 6.27. The van der Waals surface area contributed by atoms with Crippen molar-refractivity contribution in [2.24, 2.45) is 0 Å². The van der Waals surface area contributed by atoms with Crippen LogP contribution in [0.3, 0.4) is 0 Å². The highest BCUT2D eigenvalue weighted by molar-refractivity contribution is 5.76. The molecule has 118 valence electrons. The van der Waals surface area contributed by atoms with Crippen LogP contribution in [-0.2, 0) is 4.79 Å². The second-order valence-corrected chi connectivity index (χ2v) is 6.27. The lowest BCUT2D eigenvalue weighted by Gasteiger charge is -2.35. The van der Waals surface area contributed by atoms with Crippen LogP contribution in [0.4, 0.5) is 0 Å². The zero-order valence-electron chi connectivity index (χ0n) is 13.8. The first-order valence-corrected chi connectivity index (χ1v) is 8.68. The summed E-state index contributed by atoms with van der Waals surface area (Å²) < 4.78 is 0. The van der Waals surface area contributed by atoms with E-state index in [1.807, 2.05) is 11.9 Å². The first kappa shape index (κ1) is 17.5. The van der Waals surface area contributed by atoms with E-state index in [0.29, 0.717) is 18.0 Å². The van der Waals surface area contributed by atoms with Crippen molar-refractivity contribution in [2.45, 2.75) is 90.1 Å². The van der Waals surface area contributed by atoms with Crippen molar-refractivity contribution in [1.82, 2.24) is 10.2 Å². The monoisotopic (exact) mass is 282 g/mol. The molecule has 20 heavy (non-hydrogen) atoms. The molecule has 1 aliphatic carbocycles. The Labute approximate surface area is 125 Å². The van der Waals surface area contributed by atoms with Crippen LogP contribution < -0.4 is 5.32 Å². The number of hydrogen-bond donors (Lipinski definition) is 1. The minimum Gasteiger partial charge on any atom is -0.343 e. The molecule has 0 saturated heterocycles. The fourth-order valence-corrected chi connectivity index (χ4v) is 3.10. The number of unbranched alkanes of at least 4 members (excludes halogenated alkanes) is 3. The molecule has 1 fully saturated rings. The van der Waals surface area contributed by atoms with Gasteiger partial charge in [-0.1, -0.05) is 33.1 Å². The molecule has 1 aliphatic rings. The van der Waals surface area contributed by atoms with Gasteiger partial charge in [0.2, 0.25) is 5.91 Å². The molecule has 1 saturated carbocycles. The third kappa shape index (κ3) is 6.25. The van der Waals surface area contributed by atoms with Crippen LogP contribution in [0.25, 0.3) is 0 Å². The molecule has 0 aromatic rings. The predicted molar refractivity (Wildman–Crippen MR) is 85.9 cm³/mol. The molecule has 1 N–H and O–H groups in total. The number of rotatable bonds is 9. The van der Waals surface area contributed by atoms with E-state index in [0.717, 1.165) is 19.4 Å². The molecular formula is C17H34N2O. The van der Waals surface area contributed by atoms with Gasteiger partial charge in [0.05, 0.1) is 0 Å². The van der Waals surface area contributed by atoms with Gasteiger partial charge in [0, 0.05) is 25.6 Å². The van der Waals surface area contributed by atoms with Crippen LogP contribution in [0.5, 0.6) is 0 Å². The molecule has 0 aliphatic heterocycles. The molecule has 0 aromatic carbocycles. The quantitative estimate of drug-likeness (QED) is 0.654. The Balaban J connectivity index is 2.20. The van der Waals surface area contributed by atoms with Gasteiger partial charge in [0.1, 0.15) is 0 Å². The van der Waals surface area contributed by atoms with Crippen LogP contribution >= 0.6 is 0 Å². The summed E-state index contributed by atoms with van der Waals surface area (Å²) >= 11 is 0. The third-order valence-electron chi connectivity index (χ3n) is 4.57. The Morgan fingerprint density at radius 2 is 1.75 bits per heavy atom. The number of carbonyl (C=O) groups is 1. The summed E-state index contributed by atoms with van der Waals surface area (Å²) in [7, 11) is 2.01. The summed E-state index contributed by atoms with van der Waals surface area (Å²) in [5.41, 5.74) is 0. The highest BCUT2D eigenvalue weighted by Gasteiger charge is 2.25. The van der Waals surface area contributed by atoms with E-state index >= 15 is 0 Å². The summed E-state index contributed by atoms with van der Waals surface area (Å²) in [5, 5.41) is 3.60. The van der Waals surface area contributed by atoms with Crippen molar-refractivity contribution in [3.63, 3.8) is 0 Å². The van der Waals surface area contributed by atoms with Gasteiger partial charge in [-0.3, -0.25) is 4.79 Å². The van der Waals surface area contributed by atoms with Gasteiger partial charge in [0.25, 0.3) is 0 Å². The largest absolute Gasteiger partial charge is 0.343 e. The van der Waals surface area contributed by atoms with E-state index < -0.39 is 0 Å². The van der Waals surface area contributed by atoms with Gasteiger partial charge < -0.3 is 10.2 Å². The van der Waals surface area contributed by atoms with Gasteiger partial charge in [0.15, 0.2) is 0 Å². The fraction of sp³-hybridized carbons (Fsp3) is 0.941. The van der Waals surface area contributed by atoms with Crippen LogP contribution in [0.15, 0.2) is 0 Å². The topological polar surface area (TPSA) is 32.3 Å². The lowest BCUT2D eigenvalue weighted by molar-refractivity contribution is -0.132. The van der Waals surface area contributed by atoms with E-state index in [-0.39, 0.29) is 0 Å². The molecule has 0 unspecified atom stereocenters. The second kappa shape index (κ2) is 10.2. The Kier molecular flexibility index (Phi) is 8.92. The van der Waals surface area contributed by atoms with E-state index in [1.54, 1.807) is 0 Å². The summed E-state index contributed by atoms with van der Waals surface area (Å²) in [6.45, 7) is 5.55. The predicted octanol–water partition coefficient (Wildman–Crippen LogP) is 3.73. The molecule has 3 heteroatoms. The van der Waals surface area contributed by atoms with E-state index in [4.69, 9.17) is 0 Å². The minimum absolute atomic E-state index is 0.353. The number of nitrogens with one attached hydrogen (secondary N) is 1. The lowest BCUT2D eigenvalue weighted by Crippen LogP contribution is -2.43. The maximum Gasteiger partial charge on any atom is 0.222 e. The van der Waals surface area contributed by atoms with Crippen molar-refractivity contribution < 1.29 is 4.79 Å². The van der Waals surface area contributed by atoms with Crippen molar-refractivity contribution in [1.29, 1.82) is 0 Å². The molecule has 0 spiro atoms. The molecule has 3 nitrogen and oxygen atoms in total. The fourth-order valence-electron chi connectivity index (χ4n) is 3.10. The maximum atomic E-state index is 12.2. The van der Waals surface area contributed by atoms with Crippen LogP contribution in [-0.4, -0.2) is 36.5 Å². The Bertz CT molecular complexity index is 260. The van der Waals surface area contributed by atoms with Crippen LogP contribution in [0, 0.1) is 0 Å². The smallest absolute Gasteiger partial charge is 0.222 e. The van der Waals surface area contributed by atoms with Crippen molar-refractivity contribution in [3.05, 3.63) is 0 Å². The Morgan fingerprint density at radius 3 is 2.35 bits per heavy atom. The van der Waals surface area contributed by atoms with E-state index in [9.17, 15) is 4.79 Å². The molecule has 0 atom stereocenters. The molecule has 1 amide bonds. The first-order valence-electron chi connectivity index (χ1n) is 8.68. The number of carbonyl (C=O) groups excluding carboxylic acids is 1. The number of nitrogens with zero attached hydrogens (tertiary/aromatic N) is 1. The molecular weight excluding hydrogens is 248 g/mol. The summed E-state index contributed by atoms with van der Waals surface area (Å²) in [6.07, 6.45) is 11.5. The van der Waals surface area contributed by atoms with Crippen LogP contribution in [0.1, 0.15) is 78.1 Å². The third-order valence-corrected chi connectivity index (χ3v) is 4.57. The maximum absolute atomic E-state index is 12.2. The van der Waals surface area contributed by atoms with E-state index in [2.05, 4.69) is 19.2 Å². The van der Waals surface area contributed by atoms with Crippen LogP contribution in [0.2, 0.25) is 0 Å². The van der Waals surface area contributed by atoms with Gasteiger partial charge in [-0.2, -0.15) is 0 Å². The summed E-state index contributed by atoms with van der Waals surface area (Å²) in [4.78, 5) is 14.2. The number of hydrogen-bond acceptors (Lipinski definition) is 2. The van der Waals surface area contributed by atoms with Crippen molar-refractivity contribution in [2.75, 3.05) is 13.6 Å². The SMILES string of the molecule is CCCCCCC(=O)N(C)C1CCC(NCCC)CC1. The zero-order chi connectivity index (χ0) is 14.8. The summed E-state index contributed by atoms with van der Waals surface area (Å²) in [6, 6.07) is 1.16. The standard InChI is InChI=1S/C17H34N2O/c1-4-6-7-8-9-17(20)19(3)16-12-10-15(11-13-16)18-14-5-2/h15-16,18H,4-14H2,1-3H3. The highest BCUT2D eigenvalue weighted by atomic mass is 16.2. The van der Waals surface area contributed by atoms with Gasteiger partial charge in [-0.15, -0.1) is 0 Å². The zero-order valence-corrected chi connectivity index (χ0v) is 13.8. The molecule has 0 bridgehead atoms. The van der Waals surface area contributed by atoms with Crippen molar-refractivity contribution >= 4 is 5.91 Å². The summed E-state index contributed by atoms with van der Waals surface area (Å²) in [5.74, 6) is 0.353. The normalized spacial score (nSPS) is 22.8. The Hall–Kier alpha value is -0.570. The average molecular weight is 282 g/mol. The minimum atomic E-state index is 0.353. The van der Waals surface area contributed by atoms with E-state index in [1.165, 1.54) is 51.4 Å². The average Bonchev–Trinajstić information content (AvgIpc) is 2.49. The van der Waals surface area contributed by atoms with Gasteiger partial charge in [-0.25, -0.2) is 0 Å². The Morgan fingerprint density at radius 1 is 1.05 bits per heavy atom. The molecule has 0 aromatic heterocycles. The van der Waals surface area contributed by atoms with Crippen molar-refractivity contribution in [3.8, 4) is 0 Å². The van der Waals surface area contributed by atoms with Gasteiger partial charge >= 0.3 is 0 Å². The molecule has 0 radical (unpaired) electrons. The molecule has 1 rings (SSSR count). The highest BCUT2D eigenvalue weighted by Crippen LogP contribution is 2.23. The van der Waals surface area contributed by atoms with Gasteiger partial charge in [-0.05, 0) is 45.1 Å². The lowest BCUT2D eigenvalue weighted by atomic mass is 9.90. The number of amides is 1. The first-order chi connectivity index (χ1) is 9.69.